The molecule has 3 nitrogen and oxygen atoms in total. The first-order valence-corrected chi connectivity index (χ1v) is 7.48. The second-order valence-corrected chi connectivity index (χ2v) is 5.86. The monoisotopic (exact) mass is 352 g/mol. The molecule has 0 spiro atoms. The fourth-order valence-corrected chi connectivity index (χ4v) is 2.33. The third kappa shape index (κ3) is 4.03. The van der Waals surface area contributed by atoms with Crippen LogP contribution in [-0.2, 0) is 0 Å². The second kappa shape index (κ2) is 7.02. The number of nitrogens with two attached hydrogens (primary N) is 1. The van der Waals surface area contributed by atoms with Crippen LogP contribution in [0.2, 0.25) is 0 Å². The van der Waals surface area contributed by atoms with Crippen LogP contribution in [0.5, 0.6) is 5.75 Å². The minimum absolute atomic E-state index is 0.125. The molecule has 2 rings (SSSR count). The van der Waals surface area contributed by atoms with Crippen molar-refractivity contribution < 1.29 is 9.13 Å². The number of rotatable bonds is 5. The molecule has 0 aromatic heterocycles. The van der Waals surface area contributed by atoms with Gasteiger partial charge in [0.05, 0.1) is 16.6 Å². The fraction of sp³-hybridized carbons (Fsp3) is 0.250. The molecule has 0 saturated heterocycles. The van der Waals surface area contributed by atoms with Crippen LogP contribution in [0.1, 0.15) is 31.0 Å². The fourth-order valence-electron chi connectivity index (χ4n) is 2.09. The standard InChI is InChI=1S/C16H18BrFN2O/c1-10(2)21-13-6-3-11(4-7-13)16(20-19)12-5-8-14(17)15(18)9-12/h3-10,16,20H,19H2,1-2H3. The first-order valence-electron chi connectivity index (χ1n) is 6.69. The summed E-state index contributed by atoms with van der Waals surface area (Å²) in [6.45, 7) is 3.95. The Labute approximate surface area is 132 Å². The summed E-state index contributed by atoms with van der Waals surface area (Å²) in [5.41, 5.74) is 4.42. The molecule has 112 valence electrons. The van der Waals surface area contributed by atoms with Gasteiger partial charge in [-0.15, -0.1) is 0 Å². The Morgan fingerprint density at radius 1 is 1.10 bits per heavy atom. The number of halogens is 2. The van der Waals surface area contributed by atoms with E-state index in [9.17, 15) is 4.39 Å². The summed E-state index contributed by atoms with van der Waals surface area (Å²) in [6, 6.07) is 12.3. The molecule has 5 heteroatoms. The van der Waals surface area contributed by atoms with E-state index in [4.69, 9.17) is 10.6 Å². The van der Waals surface area contributed by atoms with Crippen molar-refractivity contribution in [1.82, 2.24) is 5.43 Å². The topological polar surface area (TPSA) is 47.3 Å². The highest BCUT2D eigenvalue weighted by molar-refractivity contribution is 9.10. The Balaban J connectivity index is 2.26. The van der Waals surface area contributed by atoms with Crippen LogP contribution in [0.3, 0.4) is 0 Å². The molecule has 1 atom stereocenters. The molecule has 0 fully saturated rings. The van der Waals surface area contributed by atoms with Gasteiger partial charge in [-0.1, -0.05) is 18.2 Å². The molecular formula is C16H18BrFN2O. The average Bonchev–Trinajstić information content (AvgIpc) is 2.45. The molecule has 0 saturated carbocycles. The normalized spacial score (nSPS) is 12.5. The molecule has 0 aliphatic rings. The quantitative estimate of drug-likeness (QED) is 0.633. The Morgan fingerprint density at radius 3 is 2.24 bits per heavy atom. The van der Waals surface area contributed by atoms with E-state index in [1.54, 1.807) is 6.07 Å². The average molecular weight is 353 g/mol. The predicted molar refractivity (Wildman–Crippen MR) is 85.5 cm³/mol. The third-order valence-corrected chi connectivity index (χ3v) is 3.67. The number of benzene rings is 2. The maximum Gasteiger partial charge on any atom is 0.137 e. The van der Waals surface area contributed by atoms with Gasteiger partial charge in [-0.3, -0.25) is 5.84 Å². The van der Waals surface area contributed by atoms with E-state index < -0.39 is 0 Å². The van der Waals surface area contributed by atoms with Crippen molar-refractivity contribution in [3.05, 3.63) is 63.9 Å². The zero-order valence-electron chi connectivity index (χ0n) is 11.9. The smallest absolute Gasteiger partial charge is 0.137 e. The first kappa shape index (κ1) is 15.9. The maximum absolute atomic E-state index is 13.7. The highest BCUT2D eigenvalue weighted by Gasteiger charge is 2.14. The Kier molecular flexibility index (Phi) is 5.33. The van der Waals surface area contributed by atoms with Crippen LogP contribution in [0.15, 0.2) is 46.9 Å². The number of hydrazine groups is 1. The van der Waals surface area contributed by atoms with Crippen LogP contribution in [0.25, 0.3) is 0 Å². The molecule has 21 heavy (non-hydrogen) atoms. The molecule has 0 radical (unpaired) electrons. The summed E-state index contributed by atoms with van der Waals surface area (Å²) in [5, 5.41) is 0. The number of ether oxygens (including phenoxy) is 1. The molecule has 0 aliphatic carbocycles. The lowest BCUT2D eigenvalue weighted by Gasteiger charge is -2.18. The van der Waals surface area contributed by atoms with Gasteiger partial charge in [0.25, 0.3) is 0 Å². The lowest BCUT2D eigenvalue weighted by Crippen LogP contribution is -2.28. The van der Waals surface area contributed by atoms with Crippen LogP contribution >= 0.6 is 15.9 Å². The summed E-state index contributed by atoms with van der Waals surface area (Å²) in [4.78, 5) is 0. The van der Waals surface area contributed by atoms with E-state index in [1.807, 2.05) is 44.2 Å². The lowest BCUT2D eigenvalue weighted by molar-refractivity contribution is 0.242. The summed E-state index contributed by atoms with van der Waals surface area (Å²) in [6.07, 6.45) is 0.125. The van der Waals surface area contributed by atoms with Gasteiger partial charge < -0.3 is 4.74 Å². The minimum atomic E-state index is -0.312. The van der Waals surface area contributed by atoms with Crippen LogP contribution < -0.4 is 16.0 Å². The van der Waals surface area contributed by atoms with Gasteiger partial charge in [-0.05, 0) is 65.2 Å². The first-order chi connectivity index (χ1) is 10.0. The molecule has 2 aromatic rings. The zero-order chi connectivity index (χ0) is 15.4. The summed E-state index contributed by atoms with van der Waals surface area (Å²) < 4.78 is 19.7. The van der Waals surface area contributed by atoms with Crippen molar-refractivity contribution in [2.45, 2.75) is 26.0 Å². The van der Waals surface area contributed by atoms with Gasteiger partial charge in [-0.25, -0.2) is 9.82 Å². The molecule has 1 unspecified atom stereocenters. The number of hydrogen-bond acceptors (Lipinski definition) is 3. The molecule has 0 heterocycles. The van der Waals surface area contributed by atoms with Crippen LogP contribution in [0, 0.1) is 5.82 Å². The van der Waals surface area contributed by atoms with Gasteiger partial charge in [0.2, 0.25) is 0 Å². The molecule has 2 aromatic carbocycles. The highest BCUT2D eigenvalue weighted by Crippen LogP contribution is 2.26. The molecule has 3 N–H and O–H groups in total. The van der Waals surface area contributed by atoms with Crippen molar-refractivity contribution in [3.63, 3.8) is 0 Å². The Bertz CT molecular complexity index is 602. The summed E-state index contributed by atoms with van der Waals surface area (Å²) in [7, 11) is 0. The van der Waals surface area contributed by atoms with Gasteiger partial charge in [0.1, 0.15) is 11.6 Å². The minimum Gasteiger partial charge on any atom is -0.491 e. The van der Waals surface area contributed by atoms with Gasteiger partial charge in [0.15, 0.2) is 0 Å². The van der Waals surface area contributed by atoms with Crippen LogP contribution in [-0.4, -0.2) is 6.10 Å². The predicted octanol–water partition coefficient (Wildman–Crippen LogP) is 3.93. The molecule has 0 amide bonds. The van der Waals surface area contributed by atoms with Crippen molar-refractivity contribution in [2.75, 3.05) is 0 Å². The Morgan fingerprint density at radius 2 is 1.71 bits per heavy atom. The SMILES string of the molecule is CC(C)Oc1ccc(C(NN)c2ccc(Br)c(F)c2)cc1. The molecular weight excluding hydrogens is 335 g/mol. The number of hydrogen-bond donors (Lipinski definition) is 2. The van der Waals surface area contributed by atoms with Crippen molar-refractivity contribution in [2.24, 2.45) is 5.84 Å². The van der Waals surface area contributed by atoms with E-state index in [-0.39, 0.29) is 18.0 Å². The zero-order valence-corrected chi connectivity index (χ0v) is 13.5. The maximum atomic E-state index is 13.7. The van der Waals surface area contributed by atoms with Crippen LogP contribution in [0.4, 0.5) is 4.39 Å². The van der Waals surface area contributed by atoms with E-state index in [2.05, 4.69) is 21.4 Å². The van der Waals surface area contributed by atoms with Crippen molar-refractivity contribution in [3.8, 4) is 5.75 Å². The van der Waals surface area contributed by atoms with Crippen molar-refractivity contribution in [1.29, 1.82) is 0 Å². The van der Waals surface area contributed by atoms with E-state index in [1.165, 1.54) is 6.07 Å². The van der Waals surface area contributed by atoms with Gasteiger partial charge in [0, 0.05) is 0 Å². The van der Waals surface area contributed by atoms with Crippen molar-refractivity contribution >= 4 is 15.9 Å². The highest BCUT2D eigenvalue weighted by atomic mass is 79.9. The van der Waals surface area contributed by atoms with E-state index in [0.29, 0.717) is 4.47 Å². The summed E-state index contributed by atoms with van der Waals surface area (Å²) >= 11 is 3.15. The Hall–Kier alpha value is -1.43. The van der Waals surface area contributed by atoms with E-state index in [0.717, 1.165) is 16.9 Å². The lowest BCUT2D eigenvalue weighted by atomic mass is 9.99. The van der Waals surface area contributed by atoms with Gasteiger partial charge in [-0.2, -0.15) is 0 Å². The third-order valence-electron chi connectivity index (χ3n) is 3.03. The molecule has 0 bridgehead atoms. The molecule has 0 aliphatic heterocycles. The van der Waals surface area contributed by atoms with Gasteiger partial charge >= 0.3 is 0 Å². The summed E-state index contributed by atoms with van der Waals surface area (Å²) in [5.74, 6) is 6.11. The largest absolute Gasteiger partial charge is 0.491 e. The number of nitrogens with one attached hydrogen (secondary N) is 1. The van der Waals surface area contributed by atoms with E-state index >= 15 is 0 Å². The second-order valence-electron chi connectivity index (χ2n) is 5.01.